The minimum Gasteiger partial charge on any atom is -0.496 e. The number of nitrogens with zero attached hydrogens (tertiary/aromatic N) is 1. The quantitative estimate of drug-likeness (QED) is 0.713. The molecular formula is C14H12N2OS. The average molecular weight is 256 g/mol. The molecule has 0 aliphatic heterocycles. The van der Waals surface area contributed by atoms with Gasteiger partial charge >= 0.3 is 0 Å². The molecule has 0 aliphatic rings. The molecule has 3 rings (SSSR count). The molecular weight excluding hydrogens is 244 g/mol. The van der Waals surface area contributed by atoms with Gasteiger partial charge in [-0.05, 0) is 24.3 Å². The molecule has 4 heteroatoms. The van der Waals surface area contributed by atoms with Crippen molar-refractivity contribution in [2.75, 3.05) is 12.8 Å². The number of nitrogen functional groups attached to an aromatic ring is 1. The number of nitrogens with two attached hydrogens (primary N) is 1. The van der Waals surface area contributed by atoms with E-state index in [1.54, 1.807) is 18.4 Å². The van der Waals surface area contributed by atoms with E-state index in [4.69, 9.17) is 10.5 Å². The van der Waals surface area contributed by atoms with Gasteiger partial charge < -0.3 is 10.5 Å². The van der Waals surface area contributed by atoms with Gasteiger partial charge in [-0.3, -0.25) is 0 Å². The van der Waals surface area contributed by atoms with Crippen molar-refractivity contribution >= 4 is 27.2 Å². The third-order valence-electron chi connectivity index (χ3n) is 2.78. The Bertz CT molecular complexity index is 706. The van der Waals surface area contributed by atoms with Gasteiger partial charge in [0.15, 0.2) is 0 Å². The topological polar surface area (TPSA) is 48.1 Å². The van der Waals surface area contributed by atoms with Crippen LogP contribution in [0.1, 0.15) is 0 Å². The van der Waals surface area contributed by atoms with E-state index in [0.717, 1.165) is 32.2 Å². The van der Waals surface area contributed by atoms with Crippen molar-refractivity contribution in [3.63, 3.8) is 0 Å². The van der Waals surface area contributed by atoms with Crippen LogP contribution >= 0.6 is 11.3 Å². The summed E-state index contributed by atoms with van der Waals surface area (Å²) in [7, 11) is 1.67. The molecule has 1 heterocycles. The third kappa shape index (κ3) is 1.71. The Morgan fingerprint density at radius 1 is 1.11 bits per heavy atom. The van der Waals surface area contributed by atoms with Gasteiger partial charge in [0.1, 0.15) is 10.8 Å². The smallest absolute Gasteiger partial charge is 0.129 e. The molecule has 0 fully saturated rings. The number of aromatic nitrogens is 1. The molecule has 2 aromatic carbocycles. The maximum absolute atomic E-state index is 5.96. The van der Waals surface area contributed by atoms with Crippen LogP contribution in [0.25, 0.3) is 20.8 Å². The van der Waals surface area contributed by atoms with Crippen molar-refractivity contribution < 1.29 is 4.74 Å². The zero-order chi connectivity index (χ0) is 12.5. The summed E-state index contributed by atoms with van der Waals surface area (Å²) in [5.74, 6) is 0.829. The predicted octanol–water partition coefficient (Wildman–Crippen LogP) is 3.55. The Labute approximate surface area is 109 Å². The zero-order valence-electron chi connectivity index (χ0n) is 9.88. The molecule has 2 N–H and O–H groups in total. The number of rotatable bonds is 2. The van der Waals surface area contributed by atoms with Crippen LogP contribution in [0.15, 0.2) is 42.5 Å². The highest BCUT2D eigenvalue weighted by atomic mass is 32.1. The fourth-order valence-corrected chi connectivity index (χ4v) is 2.93. The average Bonchev–Trinajstić information content (AvgIpc) is 2.84. The number of hydrogen-bond acceptors (Lipinski definition) is 4. The third-order valence-corrected chi connectivity index (χ3v) is 3.94. The van der Waals surface area contributed by atoms with E-state index in [1.807, 2.05) is 42.5 Å². The molecule has 0 bridgehead atoms. The summed E-state index contributed by atoms with van der Waals surface area (Å²) in [6.45, 7) is 0. The van der Waals surface area contributed by atoms with Gasteiger partial charge in [-0.25, -0.2) is 4.98 Å². The molecule has 0 aliphatic carbocycles. The standard InChI is InChI=1S/C14H12N2OS/c1-17-12-8-3-2-5-9(12)14-16-11-7-4-6-10(15)13(11)18-14/h2-8H,15H2,1H3. The number of ether oxygens (including phenoxy) is 1. The van der Waals surface area contributed by atoms with Crippen molar-refractivity contribution in [3.05, 3.63) is 42.5 Å². The Morgan fingerprint density at radius 3 is 2.72 bits per heavy atom. The lowest BCUT2D eigenvalue weighted by Gasteiger charge is -2.04. The molecule has 0 atom stereocenters. The highest BCUT2D eigenvalue weighted by molar-refractivity contribution is 7.22. The number of benzene rings is 2. The van der Waals surface area contributed by atoms with E-state index in [9.17, 15) is 0 Å². The molecule has 18 heavy (non-hydrogen) atoms. The van der Waals surface area contributed by atoms with Crippen molar-refractivity contribution in [2.24, 2.45) is 0 Å². The maximum Gasteiger partial charge on any atom is 0.129 e. The molecule has 0 unspecified atom stereocenters. The monoisotopic (exact) mass is 256 g/mol. The summed E-state index contributed by atoms with van der Waals surface area (Å²) in [6.07, 6.45) is 0. The van der Waals surface area contributed by atoms with E-state index in [2.05, 4.69) is 4.98 Å². The van der Waals surface area contributed by atoms with Crippen LogP contribution in [-0.2, 0) is 0 Å². The minimum absolute atomic E-state index is 0.770. The summed E-state index contributed by atoms with van der Waals surface area (Å²) >= 11 is 1.59. The first-order valence-electron chi connectivity index (χ1n) is 5.58. The second kappa shape index (κ2) is 4.31. The van der Waals surface area contributed by atoms with Gasteiger partial charge in [0.2, 0.25) is 0 Å². The molecule has 90 valence electrons. The summed E-state index contributed by atoms with van der Waals surface area (Å²) in [5, 5.41) is 0.931. The molecule has 0 saturated carbocycles. The highest BCUT2D eigenvalue weighted by Gasteiger charge is 2.11. The van der Waals surface area contributed by atoms with E-state index >= 15 is 0 Å². The van der Waals surface area contributed by atoms with E-state index in [1.165, 1.54) is 0 Å². The van der Waals surface area contributed by atoms with Crippen LogP contribution < -0.4 is 10.5 Å². The SMILES string of the molecule is COc1ccccc1-c1nc2cccc(N)c2s1. The number of para-hydroxylation sites is 1. The molecule has 0 radical (unpaired) electrons. The van der Waals surface area contributed by atoms with Crippen LogP contribution in [-0.4, -0.2) is 12.1 Å². The molecule has 3 nitrogen and oxygen atoms in total. The Morgan fingerprint density at radius 2 is 1.94 bits per heavy atom. The summed E-state index contributed by atoms with van der Waals surface area (Å²) in [5.41, 5.74) is 8.66. The fraction of sp³-hybridized carbons (Fsp3) is 0.0714. The summed E-state index contributed by atoms with van der Waals surface area (Å²) in [6, 6.07) is 13.7. The van der Waals surface area contributed by atoms with Crippen LogP contribution in [0.5, 0.6) is 5.75 Å². The minimum atomic E-state index is 0.770. The van der Waals surface area contributed by atoms with Crippen LogP contribution in [0.2, 0.25) is 0 Å². The van der Waals surface area contributed by atoms with Gasteiger partial charge in [0.05, 0.1) is 28.6 Å². The lowest BCUT2D eigenvalue weighted by molar-refractivity contribution is 0.416. The first-order valence-corrected chi connectivity index (χ1v) is 6.39. The molecule has 0 spiro atoms. The van der Waals surface area contributed by atoms with Gasteiger partial charge in [-0.15, -0.1) is 11.3 Å². The predicted molar refractivity (Wildman–Crippen MR) is 76.0 cm³/mol. The Balaban J connectivity index is 2.23. The zero-order valence-corrected chi connectivity index (χ0v) is 10.7. The number of methoxy groups -OCH3 is 1. The van der Waals surface area contributed by atoms with Crippen molar-refractivity contribution in [3.8, 4) is 16.3 Å². The highest BCUT2D eigenvalue weighted by Crippen LogP contribution is 2.37. The lowest BCUT2D eigenvalue weighted by atomic mass is 10.2. The van der Waals surface area contributed by atoms with Crippen LogP contribution in [0, 0.1) is 0 Å². The van der Waals surface area contributed by atoms with Crippen molar-refractivity contribution in [2.45, 2.75) is 0 Å². The molecule has 0 amide bonds. The van der Waals surface area contributed by atoms with Crippen LogP contribution in [0.3, 0.4) is 0 Å². The van der Waals surface area contributed by atoms with E-state index in [-0.39, 0.29) is 0 Å². The second-order valence-corrected chi connectivity index (χ2v) is 4.91. The van der Waals surface area contributed by atoms with Gasteiger partial charge in [-0.1, -0.05) is 18.2 Å². The number of fused-ring (bicyclic) bond motifs is 1. The second-order valence-electron chi connectivity index (χ2n) is 3.91. The van der Waals surface area contributed by atoms with E-state index in [0.29, 0.717) is 0 Å². The van der Waals surface area contributed by atoms with Crippen molar-refractivity contribution in [1.29, 1.82) is 0 Å². The lowest BCUT2D eigenvalue weighted by Crippen LogP contribution is -1.86. The first-order chi connectivity index (χ1) is 8.79. The first kappa shape index (κ1) is 11.0. The maximum atomic E-state index is 5.96. The van der Waals surface area contributed by atoms with Gasteiger partial charge in [-0.2, -0.15) is 0 Å². The van der Waals surface area contributed by atoms with E-state index < -0.39 is 0 Å². The normalized spacial score (nSPS) is 10.7. The number of hydrogen-bond donors (Lipinski definition) is 1. The molecule has 0 saturated heterocycles. The molecule has 3 aromatic rings. The fourth-order valence-electron chi connectivity index (χ4n) is 1.91. The summed E-state index contributed by atoms with van der Waals surface area (Å²) in [4.78, 5) is 4.61. The Kier molecular flexibility index (Phi) is 2.64. The van der Waals surface area contributed by atoms with Crippen molar-refractivity contribution in [1.82, 2.24) is 4.98 Å². The largest absolute Gasteiger partial charge is 0.496 e. The van der Waals surface area contributed by atoms with Gasteiger partial charge in [0.25, 0.3) is 0 Å². The Hall–Kier alpha value is -2.07. The number of anilines is 1. The summed E-state index contributed by atoms with van der Waals surface area (Å²) < 4.78 is 6.39. The van der Waals surface area contributed by atoms with Gasteiger partial charge in [0, 0.05) is 0 Å². The van der Waals surface area contributed by atoms with Crippen LogP contribution in [0.4, 0.5) is 5.69 Å². The number of thiazole rings is 1. The molecule has 1 aromatic heterocycles.